The Morgan fingerprint density at radius 3 is 3.05 bits per heavy atom. The van der Waals surface area contributed by atoms with Crippen molar-refractivity contribution in [2.45, 2.75) is 19.4 Å². The van der Waals surface area contributed by atoms with Crippen molar-refractivity contribution < 1.29 is 9.18 Å². The van der Waals surface area contributed by atoms with Crippen molar-refractivity contribution in [3.63, 3.8) is 0 Å². The summed E-state index contributed by atoms with van der Waals surface area (Å²) in [4.78, 5) is 15.2. The van der Waals surface area contributed by atoms with E-state index in [9.17, 15) is 9.18 Å². The smallest absolute Gasteiger partial charge is 0.247 e. The fraction of sp³-hybridized carbons (Fsp3) is 0.235. The molecule has 0 saturated heterocycles. The second-order valence-electron chi connectivity index (χ2n) is 5.15. The number of halogens is 1. The molecule has 2 heterocycles. The molecule has 2 nitrogen and oxygen atoms in total. The number of hydrogen-bond donors (Lipinski definition) is 0. The van der Waals surface area contributed by atoms with Crippen LogP contribution in [0.5, 0.6) is 0 Å². The minimum absolute atomic E-state index is 0.0224. The van der Waals surface area contributed by atoms with Gasteiger partial charge in [-0.1, -0.05) is 12.1 Å². The lowest BCUT2D eigenvalue weighted by Gasteiger charge is -2.34. The minimum atomic E-state index is -0.246. The first-order chi connectivity index (χ1) is 10.1. The Morgan fingerprint density at radius 1 is 1.43 bits per heavy atom. The summed E-state index contributed by atoms with van der Waals surface area (Å²) in [7, 11) is 0. The van der Waals surface area contributed by atoms with Gasteiger partial charge in [-0.05, 0) is 54.1 Å². The zero-order valence-electron chi connectivity index (χ0n) is 11.8. The van der Waals surface area contributed by atoms with Crippen LogP contribution in [0.4, 0.5) is 4.39 Å². The third kappa shape index (κ3) is 2.90. The summed E-state index contributed by atoms with van der Waals surface area (Å²) in [6.07, 6.45) is 4.21. The van der Waals surface area contributed by atoms with E-state index in [0.29, 0.717) is 6.54 Å². The summed E-state index contributed by atoms with van der Waals surface area (Å²) < 4.78 is 13.4. The normalized spacial score (nSPS) is 18.0. The Hall–Kier alpha value is -1.94. The van der Waals surface area contributed by atoms with Crippen LogP contribution < -0.4 is 0 Å². The van der Waals surface area contributed by atoms with Crippen LogP contribution in [0.2, 0.25) is 0 Å². The minimum Gasteiger partial charge on any atom is -0.332 e. The standard InChI is InChI=1S/C17H16FNOS/c1-12-16-11-14(18)5-4-13(16)8-9-19(12)17(20)7-6-15-3-2-10-21-15/h2-7,10-12H,8-9H2,1H3/b7-6+. The maximum absolute atomic E-state index is 13.4. The van der Waals surface area contributed by atoms with E-state index in [1.54, 1.807) is 28.4 Å². The van der Waals surface area contributed by atoms with Gasteiger partial charge in [0.1, 0.15) is 5.82 Å². The molecule has 1 aliphatic heterocycles. The maximum atomic E-state index is 13.4. The van der Waals surface area contributed by atoms with Crippen LogP contribution in [0.15, 0.2) is 41.8 Å². The van der Waals surface area contributed by atoms with Gasteiger partial charge in [-0.15, -0.1) is 11.3 Å². The van der Waals surface area contributed by atoms with Crippen LogP contribution in [-0.2, 0) is 11.2 Å². The summed E-state index contributed by atoms with van der Waals surface area (Å²) in [5.41, 5.74) is 2.05. The summed E-state index contributed by atoms with van der Waals surface area (Å²) in [6, 6.07) is 8.69. The summed E-state index contributed by atoms with van der Waals surface area (Å²) >= 11 is 1.60. The number of nitrogens with zero attached hydrogens (tertiary/aromatic N) is 1. The molecule has 1 atom stereocenters. The number of amides is 1. The second kappa shape index (κ2) is 5.82. The van der Waals surface area contributed by atoms with Gasteiger partial charge < -0.3 is 4.90 Å². The number of rotatable bonds is 2. The van der Waals surface area contributed by atoms with Crippen LogP contribution in [0.25, 0.3) is 6.08 Å². The molecule has 0 spiro atoms. The van der Waals surface area contributed by atoms with E-state index in [4.69, 9.17) is 0 Å². The molecule has 21 heavy (non-hydrogen) atoms. The van der Waals surface area contributed by atoms with E-state index in [0.717, 1.165) is 22.4 Å². The second-order valence-corrected chi connectivity index (χ2v) is 6.13. The third-order valence-electron chi connectivity index (χ3n) is 3.86. The van der Waals surface area contributed by atoms with Gasteiger partial charge in [0, 0.05) is 17.5 Å². The lowest BCUT2D eigenvalue weighted by molar-refractivity contribution is -0.128. The highest BCUT2D eigenvalue weighted by atomic mass is 32.1. The zero-order chi connectivity index (χ0) is 14.8. The molecule has 0 fully saturated rings. The van der Waals surface area contributed by atoms with Gasteiger partial charge in [0.05, 0.1) is 6.04 Å². The molecule has 1 amide bonds. The topological polar surface area (TPSA) is 20.3 Å². The Balaban J connectivity index is 1.79. The van der Waals surface area contributed by atoms with E-state index in [-0.39, 0.29) is 17.8 Å². The molecule has 0 saturated carbocycles. The van der Waals surface area contributed by atoms with Gasteiger partial charge in [0.15, 0.2) is 0 Å². The zero-order valence-corrected chi connectivity index (χ0v) is 12.6. The van der Waals surface area contributed by atoms with Gasteiger partial charge in [-0.2, -0.15) is 0 Å². The van der Waals surface area contributed by atoms with Crippen molar-refractivity contribution in [1.29, 1.82) is 0 Å². The summed E-state index contributed by atoms with van der Waals surface area (Å²) in [6.45, 7) is 2.63. The first kappa shape index (κ1) is 14.0. The van der Waals surface area contributed by atoms with E-state index in [1.807, 2.05) is 36.6 Å². The predicted molar refractivity (Wildman–Crippen MR) is 83.6 cm³/mol. The van der Waals surface area contributed by atoms with E-state index in [2.05, 4.69) is 0 Å². The highest BCUT2D eigenvalue weighted by Crippen LogP contribution is 2.30. The number of carbonyl (C=O) groups excluding carboxylic acids is 1. The number of hydrogen-bond acceptors (Lipinski definition) is 2. The average Bonchev–Trinajstić information content (AvgIpc) is 2.99. The number of benzene rings is 1. The lowest BCUT2D eigenvalue weighted by atomic mass is 9.93. The SMILES string of the molecule is CC1c2cc(F)ccc2CCN1C(=O)/C=C/c1cccs1. The van der Waals surface area contributed by atoms with Crippen LogP contribution in [-0.4, -0.2) is 17.4 Å². The van der Waals surface area contributed by atoms with Crippen LogP contribution in [0.1, 0.15) is 29.0 Å². The molecule has 0 N–H and O–H groups in total. The third-order valence-corrected chi connectivity index (χ3v) is 4.70. The van der Waals surface area contributed by atoms with Crippen molar-refractivity contribution in [1.82, 2.24) is 4.90 Å². The fourth-order valence-electron chi connectivity index (χ4n) is 2.72. The van der Waals surface area contributed by atoms with Gasteiger partial charge >= 0.3 is 0 Å². The predicted octanol–water partition coefficient (Wildman–Crippen LogP) is 4.05. The molecule has 1 aliphatic rings. The summed E-state index contributed by atoms with van der Waals surface area (Å²) in [5, 5.41) is 1.98. The molecule has 0 aliphatic carbocycles. The molecule has 108 valence electrons. The molecule has 1 aromatic carbocycles. The first-order valence-electron chi connectivity index (χ1n) is 6.95. The van der Waals surface area contributed by atoms with Crippen molar-refractivity contribution in [3.8, 4) is 0 Å². The number of thiophene rings is 1. The van der Waals surface area contributed by atoms with Crippen LogP contribution >= 0.6 is 11.3 Å². The monoisotopic (exact) mass is 301 g/mol. The van der Waals surface area contributed by atoms with Gasteiger partial charge in [0.2, 0.25) is 5.91 Å². The maximum Gasteiger partial charge on any atom is 0.247 e. The van der Waals surface area contributed by atoms with E-state index in [1.165, 1.54) is 6.07 Å². The number of fused-ring (bicyclic) bond motifs is 1. The van der Waals surface area contributed by atoms with Crippen molar-refractivity contribution in [2.24, 2.45) is 0 Å². The molecule has 1 unspecified atom stereocenters. The largest absolute Gasteiger partial charge is 0.332 e. The van der Waals surface area contributed by atoms with Gasteiger partial charge in [-0.3, -0.25) is 4.79 Å². The highest BCUT2D eigenvalue weighted by Gasteiger charge is 2.26. The van der Waals surface area contributed by atoms with Gasteiger partial charge in [0.25, 0.3) is 0 Å². The molecular formula is C17H16FNOS. The Kier molecular flexibility index (Phi) is 3.88. The summed E-state index contributed by atoms with van der Waals surface area (Å²) in [5.74, 6) is -0.269. The Labute approximate surface area is 127 Å². The van der Waals surface area contributed by atoms with E-state index < -0.39 is 0 Å². The molecule has 3 rings (SSSR count). The Bertz CT molecular complexity index is 678. The molecule has 1 aromatic heterocycles. The first-order valence-corrected chi connectivity index (χ1v) is 7.83. The van der Waals surface area contributed by atoms with Crippen LogP contribution in [0.3, 0.4) is 0 Å². The van der Waals surface area contributed by atoms with Crippen molar-refractivity contribution >= 4 is 23.3 Å². The average molecular weight is 301 g/mol. The molecule has 4 heteroatoms. The lowest BCUT2D eigenvalue weighted by Crippen LogP contribution is -2.37. The Morgan fingerprint density at radius 2 is 2.29 bits per heavy atom. The van der Waals surface area contributed by atoms with E-state index >= 15 is 0 Å². The molecule has 0 radical (unpaired) electrons. The fourth-order valence-corrected chi connectivity index (χ4v) is 3.34. The number of carbonyl (C=O) groups is 1. The van der Waals surface area contributed by atoms with Crippen molar-refractivity contribution in [3.05, 3.63) is 63.6 Å². The van der Waals surface area contributed by atoms with Crippen molar-refractivity contribution in [2.75, 3.05) is 6.54 Å². The molecular weight excluding hydrogens is 285 g/mol. The van der Waals surface area contributed by atoms with Gasteiger partial charge in [-0.25, -0.2) is 4.39 Å². The quantitative estimate of drug-likeness (QED) is 0.766. The molecule has 0 bridgehead atoms. The highest BCUT2D eigenvalue weighted by molar-refractivity contribution is 7.10. The molecule has 2 aromatic rings. The van der Waals surface area contributed by atoms with Crippen LogP contribution in [0, 0.1) is 5.82 Å².